The molecule has 2 unspecified atom stereocenters. The molecule has 0 rings (SSSR count). The molecule has 0 heterocycles. The molecule has 2 atom stereocenters. The molecule has 0 aromatic carbocycles. The molecule has 0 radical (unpaired) electrons. The lowest BCUT2D eigenvalue weighted by molar-refractivity contribution is -0.143. The number of nitrogens with zero attached hydrogens (tertiary/aromatic N) is 1. The molecule has 0 bridgehead atoms. The number of rotatable bonds is 23. The summed E-state index contributed by atoms with van der Waals surface area (Å²) in [5.41, 5.74) is 0. The molecule has 0 aromatic rings. The Hall–Kier alpha value is -0.650. The van der Waals surface area contributed by atoms with Gasteiger partial charge < -0.3 is 14.9 Å². The van der Waals surface area contributed by atoms with Crippen molar-refractivity contribution in [2.24, 2.45) is 0 Å². The Morgan fingerprint density at radius 3 is 1.61 bits per heavy atom. The van der Waals surface area contributed by atoms with Gasteiger partial charge in [-0.1, -0.05) is 90.9 Å². The number of hydrogen-bond donors (Lipinski definition) is 2. The summed E-state index contributed by atoms with van der Waals surface area (Å²) in [4.78, 5) is 13.8. The van der Waals surface area contributed by atoms with Crippen molar-refractivity contribution >= 4 is 5.97 Å². The van der Waals surface area contributed by atoms with Gasteiger partial charge in [-0.15, -0.1) is 0 Å². The largest absolute Gasteiger partial charge is 0.466 e. The van der Waals surface area contributed by atoms with Gasteiger partial charge in [0, 0.05) is 19.5 Å². The van der Waals surface area contributed by atoms with Crippen LogP contribution in [0.5, 0.6) is 0 Å². The van der Waals surface area contributed by atoms with Gasteiger partial charge >= 0.3 is 5.97 Å². The number of carbonyl (C=O) groups excluding carboxylic acids is 1. The van der Waals surface area contributed by atoms with E-state index in [1.54, 1.807) is 0 Å². The quantitative estimate of drug-likeness (QED) is 0.153. The fraction of sp³-hybridized carbons (Fsp3) is 0.962. The maximum absolute atomic E-state index is 11.6. The highest BCUT2D eigenvalue weighted by molar-refractivity contribution is 5.69. The standard InChI is InChI=1S/C26H53NO4/c1-4-7-9-11-13-15-18-24(28)22-27(21-17-20-26(30)31-6-3)23-25(29)19-16-14-12-10-8-5-2/h24-25,28-29H,4-23H2,1-3H3. The summed E-state index contributed by atoms with van der Waals surface area (Å²) in [5.74, 6) is -0.164. The van der Waals surface area contributed by atoms with Crippen LogP contribution in [0.1, 0.15) is 124 Å². The fourth-order valence-corrected chi connectivity index (χ4v) is 4.04. The zero-order valence-corrected chi connectivity index (χ0v) is 21.0. The fourth-order valence-electron chi connectivity index (χ4n) is 4.04. The predicted octanol–water partition coefficient (Wildman–Crippen LogP) is 5.85. The predicted molar refractivity (Wildman–Crippen MR) is 130 cm³/mol. The van der Waals surface area contributed by atoms with E-state index in [2.05, 4.69) is 18.7 Å². The highest BCUT2D eigenvalue weighted by atomic mass is 16.5. The minimum atomic E-state index is -0.366. The van der Waals surface area contributed by atoms with E-state index in [1.165, 1.54) is 64.2 Å². The number of aliphatic hydroxyl groups is 2. The third-order valence-corrected chi connectivity index (χ3v) is 5.88. The first-order valence-electron chi connectivity index (χ1n) is 13.3. The Morgan fingerprint density at radius 1 is 0.710 bits per heavy atom. The van der Waals surface area contributed by atoms with Crippen molar-refractivity contribution in [3.63, 3.8) is 0 Å². The number of esters is 1. The van der Waals surface area contributed by atoms with Crippen molar-refractivity contribution in [2.75, 3.05) is 26.2 Å². The highest BCUT2D eigenvalue weighted by Crippen LogP contribution is 2.13. The topological polar surface area (TPSA) is 70.0 Å². The van der Waals surface area contributed by atoms with Crippen LogP contribution in [0, 0.1) is 0 Å². The molecule has 0 aliphatic heterocycles. The molecule has 0 aliphatic rings. The van der Waals surface area contributed by atoms with E-state index in [1.807, 2.05) is 6.92 Å². The van der Waals surface area contributed by atoms with Gasteiger partial charge in [0.1, 0.15) is 0 Å². The number of unbranched alkanes of at least 4 members (excludes halogenated alkanes) is 10. The molecule has 31 heavy (non-hydrogen) atoms. The van der Waals surface area contributed by atoms with Gasteiger partial charge in [-0.05, 0) is 32.7 Å². The van der Waals surface area contributed by atoms with Crippen molar-refractivity contribution in [1.29, 1.82) is 0 Å². The van der Waals surface area contributed by atoms with E-state index >= 15 is 0 Å². The Morgan fingerprint density at radius 2 is 1.16 bits per heavy atom. The third-order valence-electron chi connectivity index (χ3n) is 5.88. The van der Waals surface area contributed by atoms with E-state index in [9.17, 15) is 15.0 Å². The molecule has 186 valence electrons. The SMILES string of the molecule is CCCCCCCCC(O)CN(CCCC(=O)OCC)CC(O)CCCCCCCC. The molecule has 0 aliphatic carbocycles. The smallest absolute Gasteiger partial charge is 0.305 e. The second-order valence-electron chi connectivity index (χ2n) is 9.09. The Labute approximate surface area is 192 Å². The summed E-state index contributed by atoms with van der Waals surface area (Å²) in [6.07, 6.45) is 16.7. The Kier molecular flexibility index (Phi) is 22.1. The third kappa shape index (κ3) is 21.0. The van der Waals surface area contributed by atoms with Crippen molar-refractivity contribution < 1.29 is 19.7 Å². The lowest BCUT2D eigenvalue weighted by atomic mass is 10.1. The average Bonchev–Trinajstić information content (AvgIpc) is 2.73. The van der Waals surface area contributed by atoms with Crippen LogP contribution in [-0.2, 0) is 9.53 Å². The summed E-state index contributed by atoms with van der Waals surface area (Å²) >= 11 is 0. The normalized spacial score (nSPS) is 13.5. The van der Waals surface area contributed by atoms with Crippen LogP contribution in [0.25, 0.3) is 0 Å². The zero-order valence-electron chi connectivity index (χ0n) is 21.0. The van der Waals surface area contributed by atoms with Crippen LogP contribution < -0.4 is 0 Å². The molecular formula is C26H53NO4. The van der Waals surface area contributed by atoms with Crippen molar-refractivity contribution in [1.82, 2.24) is 4.90 Å². The first-order valence-corrected chi connectivity index (χ1v) is 13.3. The minimum absolute atomic E-state index is 0.164. The second kappa shape index (κ2) is 22.5. The van der Waals surface area contributed by atoms with Crippen LogP contribution in [0.4, 0.5) is 0 Å². The van der Waals surface area contributed by atoms with Gasteiger partial charge in [0.05, 0.1) is 18.8 Å². The van der Waals surface area contributed by atoms with Gasteiger partial charge in [0.15, 0.2) is 0 Å². The van der Waals surface area contributed by atoms with Crippen LogP contribution >= 0.6 is 0 Å². The van der Waals surface area contributed by atoms with Crippen LogP contribution in [-0.4, -0.2) is 59.5 Å². The van der Waals surface area contributed by atoms with Crippen molar-refractivity contribution in [3.8, 4) is 0 Å². The van der Waals surface area contributed by atoms with Gasteiger partial charge in [0.2, 0.25) is 0 Å². The summed E-state index contributed by atoms with van der Waals surface area (Å²) in [5, 5.41) is 21.0. The van der Waals surface area contributed by atoms with E-state index in [0.29, 0.717) is 39.1 Å². The molecule has 2 N–H and O–H groups in total. The van der Waals surface area contributed by atoms with Crippen molar-refractivity contribution in [3.05, 3.63) is 0 Å². The summed E-state index contributed by atoms with van der Waals surface area (Å²) in [6.45, 7) is 8.54. The lowest BCUT2D eigenvalue weighted by Gasteiger charge is -2.27. The second-order valence-corrected chi connectivity index (χ2v) is 9.09. The Bertz CT molecular complexity index is 368. The summed E-state index contributed by atoms with van der Waals surface area (Å²) < 4.78 is 5.02. The minimum Gasteiger partial charge on any atom is -0.466 e. The molecule has 0 saturated heterocycles. The highest BCUT2D eigenvalue weighted by Gasteiger charge is 2.16. The molecule has 5 heteroatoms. The van der Waals surface area contributed by atoms with E-state index in [4.69, 9.17) is 4.74 Å². The molecule has 5 nitrogen and oxygen atoms in total. The van der Waals surface area contributed by atoms with Crippen LogP contribution in [0.15, 0.2) is 0 Å². The maximum Gasteiger partial charge on any atom is 0.305 e. The molecule has 0 aromatic heterocycles. The van der Waals surface area contributed by atoms with Gasteiger partial charge in [-0.2, -0.15) is 0 Å². The van der Waals surface area contributed by atoms with Crippen molar-refractivity contribution in [2.45, 2.75) is 136 Å². The molecule has 0 fully saturated rings. The first-order chi connectivity index (χ1) is 15.0. The van der Waals surface area contributed by atoms with E-state index < -0.39 is 0 Å². The monoisotopic (exact) mass is 443 g/mol. The van der Waals surface area contributed by atoms with Gasteiger partial charge in [-0.25, -0.2) is 0 Å². The average molecular weight is 444 g/mol. The molecule has 0 amide bonds. The van der Waals surface area contributed by atoms with E-state index in [0.717, 1.165) is 25.7 Å². The van der Waals surface area contributed by atoms with E-state index in [-0.39, 0.29) is 18.2 Å². The number of carbonyl (C=O) groups is 1. The molecule has 0 spiro atoms. The zero-order chi connectivity index (χ0) is 23.2. The first kappa shape index (κ1) is 30.4. The van der Waals surface area contributed by atoms with Crippen LogP contribution in [0.2, 0.25) is 0 Å². The molecule has 0 saturated carbocycles. The number of ether oxygens (including phenoxy) is 1. The number of aliphatic hydroxyl groups excluding tert-OH is 2. The lowest BCUT2D eigenvalue weighted by Crippen LogP contribution is -2.39. The maximum atomic E-state index is 11.6. The summed E-state index contributed by atoms with van der Waals surface area (Å²) in [6, 6.07) is 0. The molecular weight excluding hydrogens is 390 g/mol. The van der Waals surface area contributed by atoms with Gasteiger partial charge in [-0.3, -0.25) is 9.69 Å². The summed E-state index contributed by atoms with van der Waals surface area (Å²) in [7, 11) is 0. The van der Waals surface area contributed by atoms with Gasteiger partial charge in [0.25, 0.3) is 0 Å². The Balaban J connectivity index is 4.28. The number of hydrogen-bond acceptors (Lipinski definition) is 5. The van der Waals surface area contributed by atoms with Crippen LogP contribution in [0.3, 0.4) is 0 Å².